The molecular weight excluding hydrogens is 400 g/mol. The van der Waals surface area contributed by atoms with Gasteiger partial charge in [0.1, 0.15) is 35.2 Å². The Labute approximate surface area is 188 Å². The summed E-state index contributed by atoms with van der Waals surface area (Å²) in [6, 6.07) is 30.0. The Hall–Kier alpha value is -3.92. The second-order valence-electron chi connectivity index (χ2n) is 7.79. The average Bonchev–Trinajstić information content (AvgIpc) is 2.81. The van der Waals surface area contributed by atoms with Gasteiger partial charge in [-0.2, -0.15) is 0 Å². The Kier molecular flexibility index (Phi) is 6.31. The number of ether oxygens (including phenoxy) is 2. The fourth-order valence-corrected chi connectivity index (χ4v) is 3.38. The van der Waals surface area contributed by atoms with Crippen LogP contribution in [0.3, 0.4) is 0 Å². The Morgan fingerprint density at radius 3 is 0.969 bits per heavy atom. The number of hydrogen-bond acceptors (Lipinski definition) is 4. The van der Waals surface area contributed by atoms with Gasteiger partial charge >= 0.3 is 0 Å². The molecule has 162 valence electrons. The molecule has 0 spiro atoms. The number of rotatable bonds is 7. The molecule has 0 aliphatic heterocycles. The maximum absolute atomic E-state index is 9.44. The van der Waals surface area contributed by atoms with Crippen molar-refractivity contribution in [2.75, 3.05) is 0 Å². The molecule has 4 rings (SSSR count). The van der Waals surface area contributed by atoms with E-state index in [0.717, 1.165) is 33.8 Å². The summed E-state index contributed by atoms with van der Waals surface area (Å²) in [6.07, 6.45) is -0.294. The largest absolute Gasteiger partial charge is 0.508 e. The summed E-state index contributed by atoms with van der Waals surface area (Å²) in [7, 11) is 0. The highest BCUT2D eigenvalue weighted by Crippen LogP contribution is 2.27. The number of phenolic OH excluding ortho intramolecular Hbond substituents is 2. The van der Waals surface area contributed by atoms with Crippen LogP contribution in [-0.2, 0) is 0 Å². The fraction of sp³-hybridized carbons (Fsp3) is 0.143. The Bertz CT molecular complexity index is 1040. The first kappa shape index (κ1) is 21.3. The molecule has 2 atom stereocenters. The van der Waals surface area contributed by atoms with Gasteiger partial charge in [-0.25, -0.2) is 0 Å². The van der Waals surface area contributed by atoms with Crippen molar-refractivity contribution in [2.24, 2.45) is 0 Å². The highest BCUT2D eigenvalue weighted by Gasteiger charge is 2.16. The van der Waals surface area contributed by atoms with Gasteiger partial charge in [0.25, 0.3) is 0 Å². The molecule has 4 nitrogen and oxygen atoms in total. The van der Waals surface area contributed by atoms with Crippen LogP contribution in [0.15, 0.2) is 97.1 Å². The Balaban J connectivity index is 1.35. The van der Waals surface area contributed by atoms with E-state index in [0.29, 0.717) is 0 Å². The molecule has 0 aliphatic carbocycles. The van der Waals surface area contributed by atoms with Crippen molar-refractivity contribution in [1.82, 2.24) is 0 Å². The Morgan fingerprint density at radius 2 is 0.688 bits per heavy atom. The lowest BCUT2D eigenvalue weighted by molar-refractivity contribution is 0.0779. The predicted molar refractivity (Wildman–Crippen MR) is 127 cm³/mol. The van der Waals surface area contributed by atoms with E-state index in [2.05, 4.69) is 0 Å². The SMILES string of the molecule is CC(Oc1ccc(-c2ccc(O)cc2)cc1)C(C)Oc1ccc(-c2ccc(O)cc2)cc1. The monoisotopic (exact) mass is 426 g/mol. The third-order valence-corrected chi connectivity index (χ3v) is 5.41. The van der Waals surface area contributed by atoms with Gasteiger partial charge in [0.2, 0.25) is 0 Å². The molecule has 0 heterocycles. The zero-order valence-electron chi connectivity index (χ0n) is 18.1. The van der Waals surface area contributed by atoms with Crippen LogP contribution in [0, 0.1) is 0 Å². The van der Waals surface area contributed by atoms with Gasteiger partial charge in [-0.05, 0) is 84.6 Å². The fourth-order valence-electron chi connectivity index (χ4n) is 3.38. The molecule has 4 heteroatoms. The number of hydrogen-bond donors (Lipinski definition) is 2. The van der Waals surface area contributed by atoms with Crippen LogP contribution in [0.4, 0.5) is 0 Å². The highest BCUT2D eigenvalue weighted by atomic mass is 16.5. The summed E-state index contributed by atoms with van der Waals surface area (Å²) < 4.78 is 12.1. The van der Waals surface area contributed by atoms with Crippen LogP contribution in [0.25, 0.3) is 22.3 Å². The molecule has 0 radical (unpaired) electrons. The maximum Gasteiger partial charge on any atom is 0.132 e. The van der Waals surface area contributed by atoms with Gasteiger partial charge in [-0.3, -0.25) is 0 Å². The standard InChI is InChI=1S/C28H26O4/c1-19(31-27-15-7-23(8-16-27)21-3-11-25(29)12-4-21)20(2)32-28-17-9-24(10-18-28)22-5-13-26(30)14-6-22/h3-20,29-30H,1-2H3. The molecule has 0 saturated carbocycles. The lowest BCUT2D eigenvalue weighted by atomic mass is 10.1. The molecule has 2 unspecified atom stereocenters. The minimum atomic E-state index is -0.147. The van der Waals surface area contributed by atoms with Crippen molar-refractivity contribution in [3.8, 4) is 45.3 Å². The van der Waals surface area contributed by atoms with Crippen LogP contribution in [0.1, 0.15) is 13.8 Å². The number of benzene rings is 4. The van der Waals surface area contributed by atoms with Crippen LogP contribution in [-0.4, -0.2) is 22.4 Å². The normalized spacial score (nSPS) is 12.7. The first-order valence-corrected chi connectivity index (χ1v) is 10.6. The van der Waals surface area contributed by atoms with Gasteiger partial charge < -0.3 is 19.7 Å². The molecule has 4 aromatic carbocycles. The smallest absolute Gasteiger partial charge is 0.132 e. The van der Waals surface area contributed by atoms with Crippen molar-refractivity contribution in [1.29, 1.82) is 0 Å². The van der Waals surface area contributed by atoms with Crippen molar-refractivity contribution in [2.45, 2.75) is 26.1 Å². The van der Waals surface area contributed by atoms with E-state index < -0.39 is 0 Å². The van der Waals surface area contributed by atoms with Crippen molar-refractivity contribution >= 4 is 0 Å². The molecule has 0 aliphatic rings. The van der Waals surface area contributed by atoms with E-state index in [1.54, 1.807) is 24.3 Å². The topological polar surface area (TPSA) is 58.9 Å². The summed E-state index contributed by atoms with van der Waals surface area (Å²) in [5.41, 5.74) is 4.19. The zero-order chi connectivity index (χ0) is 22.5. The quantitative estimate of drug-likeness (QED) is 0.347. The molecule has 0 bridgehead atoms. The van der Waals surface area contributed by atoms with E-state index in [-0.39, 0.29) is 23.7 Å². The summed E-state index contributed by atoms with van der Waals surface area (Å²) in [5.74, 6) is 2.06. The summed E-state index contributed by atoms with van der Waals surface area (Å²) >= 11 is 0. The Morgan fingerprint density at radius 1 is 0.438 bits per heavy atom. The summed E-state index contributed by atoms with van der Waals surface area (Å²) in [6.45, 7) is 3.98. The minimum Gasteiger partial charge on any atom is -0.508 e. The zero-order valence-corrected chi connectivity index (χ0v) is 18.1. The van der Waals surface area contributed by atoms with Crippen LogP contribution in [0.5, 0.6) is 23.0 Å². The maximum atomic E-state index is 9.44. The minimum absolute atomic E-state index is 0.147. The summed E-state index contributed by atoms with van der Waals surface area (Å²) in [5, 5.41) is 18.9. The van der Waals surface area contributed by atoms with Crippen LogP contribution < -0.4 is 9.47 Å². The first-order chi connectivity index (χ1) is 15.5. The molecule has 4 aromatic rings. The highest BCUT2D eigenvalue weighted by molar-refractivity contribution is 5.65. The predicted octanol–water partition coefficient (Wildman–Crippen LogP) is 6.67. The number of aromatic hydroxyl groups is 2. The lowest BCUT2D eigenvalue weighted by Gasteiger charge is -2.23. The van der Waals surface area contributed by atoms with E-state index in [1.807, 2.05) is 86.6 Å². The van der Waals surface area contributed by atoms with Gasteiger partial charge in [0.15, 0.2) is 0 Å². The summed E-state index contributed by atoms with van der Waals surface area (Å²) in [4.78, 5) is 0. The second-order valence-corrected chi connectivity index (χ2v) is 7.79. The third-order valence-electron chi connectivity index (χ3n) is 5.41. The van der Waals surface area contributed by atoms with Crippen molar-refractivity contribution < 1.29 is 19.7 Å². The molecule has 0 fully saturated rings. The molecule has 32 heavy (non-hydrogen) atoms. The van der Waals surface area contributed by atoms with E-state index in [1.165, 1.54) is 0 Å². The van der Waals surface area contributed by atoms with E-state index >= 15 is 0 Å². The molecular formula is C28H26O4. The average molecular weight is 427 g/mol. The lowest BCUT2D eigenvalue weighted by Crippen LogP contribution is -2.31. The van der Waals surface area contributed by atoms with Gasteiger partial charge in [0, 0.05) is 0 Å². The van der Waals surface area contributed by atoms with Crippen LogP contribution >= 0.6 is 0 Å². The molecule has 2 N–H and O–H groups in total. The first-order valence-electron chi connectivity index (χ1n) is 10.6. The van der Waals surface area contributed by atoms with E-state index in [9.17, 15) is 10.2 Å². The van der Waals surface area contributed by atoms with Gasteiger partial charge in [-0.15, -0.1) is 0 Å². The third kappa shape index (κ3) is 5.22. The molecule has 0 amide bonds. The number of phenols is 2. The van der Waals surface area contributed by atoms with E-state index in [4.69, 9.17) is 9.47 Å². The molecule has 0 aromatic heterocycles. The van der Waals surface area contributed by atoms with Crippen molar-refractivity contribution in [3.63, 3.8) is 0 Å². The van der Waals surface area contributed by atoms with Crippen molar-refractivity contribution in [3.05, 3.63) is 97.1 Å². The van der Waals surface area contributed by atoms with Crippen LogP contribution in [0.2, 0.25) is 0 Å². The van der Waals surface area contributed by atoms with Gasteiger partial charge in [0.05, 0.1) is 0 Å². The second kappa shape index (κ2) is 9.48. The molecule has 0 saturated heterocycles. The van der Waals surface area contributed by atoms with Gasteiger partial charge in [-0.1, -0.05) is 48.5 Å².